The fraction of sp³-hybridized carbons (Fsp3) is 0.500. The van der Waals surface area contributed by atoms with Crippen LogP contribution in [-0.4, -0.2) is 11.9 Å². The SMILES string of the molecule is CCCCCC(C)NC(=O)c1cc(Br)ccc1N. The van der Waals surface area contributed by atoms with E-state index in [0.717, 1.165) is 17.3 Å². The highest BCUT2D eigenvalue weighted by Crippen LogP contribution is 2.18. The lowest BCUT2D eigenvalue weighted by Gasteiger charge is -2.14. The maximum atomic E-state index is 12.0. The number of amides is 1. The van der Waals surface area contributed by atoms with E-state index in [2.05, 4.69) is 28.2 Å². The molecule has 1 amide bonds. The van der Waals surface area contributed by atoms with E-state index in [1.807, 2.05) is 13.0 Å². The molecule has 3 nitrogen and oxygen atoms in total. The molecule has 0 spiro atoms. The number of nitrogens with one attached hydrogen (secondary N) is 1. The van der Waals surface area contributed by atoms with Crippen LogP contribution in [0.5, 0.6) is 0 Å². The summed E-state index contributed by atoms with van der Waals surface area (Å²) in [6.07, 6.45) is 4.55. The van der Waals surface area contributed by atoms with E-state index in [1.165, 1.54) is 12.8 Å². The van der Waals surface area contributed by atoms with Gasteiger partial charge < -0.3 is 11.1 Å². The Morgan fingerprint density at radius 1 is 1.44 bits per heavy atom. The van der Waals surface area contributed by atoms with Crippen molar-refractivity contribution in [2.24, 2.45) is 0 Å². The number of hydrogen-bond donors (Lipinski definition) is 2. The van der Waals surface area contributed by atoms with Crippen LogP contribution in [0.3, 0.4) is 0 Å². The van der Waals surface area contributed by atoms with Gasteiger partial charge in [-0.1, -0.05) is 42.1 Å². The molecule has 18 heavy (non-hydrogen) atoms. The molecule has 0 saturated heterocycles. The molecule has 3 N–H and O–H groups in total. The average Bonchev–Trinajstić information content (AvgIpc) is 2.32. The van der Waals surface area contributed by atoms with Crippen molar-refractivity contribution >= 4 is 27.5 Å². The summed E-state index contributed by atoms with van der Waals surface area (Å²) in [4.78, 5) is 12.0. The molecule has 0 aliphatic carbocycles. The number of halogens is 1. The van der Waals surface area contributed by atoms with Gasteiger partial charge in [-0.05, 0) is 31.5 Å². The number of nitrogens with two attached hydrogens (primary N) is 1. The standard InChI is InChI=1S/C14H21BrN2O/c1-3-4-5-6-10(2)17-14(18)12-9-11(15)7-8-13(12)16/h7-10H,3-6,16H2,1-2H3,(H,17,18). The summed E-state index contributed by atoms with van der Waals surface area (Å²) in [7, 11) is 0. The van der Waals surface area contributed by atoms with Crippen molar-refractivity contribution in [3.8, 4) is 0 Å². The van der Waals surface area contributed by atoms with Crippen molar-refractivity contribution < 1.29 is 4.79 Å². The van der Waals surface area contributed by atoms with Crippen LogP contribution in [0.1, 0.15) is 49.9 Å². The summed E-state index contributed by atoms with van der Waals surface area (Å²) in [5.41, 5.74) is 6.85. The summed E-state index contributed by atoms with van der Waals surface area (Å²) in [6, 6.07) is 5.50. The first kappa shape index (κ1) is 15.0. The lowest BCUT2D eigenvalue weighted by atomic mass is 10.1. The van der Waals surface area contributed by atoms with Gasteiger partial charge in [0.25, 0.3) is 5.91 Å². The van der Waals surface area contributed by atoms with Crippen molar-refractivity contribution in [2.45, 2.75) is 45.6 Å². The smallest absolute Gasteiger partial charge is 0.253 e. The Morgan fingerprint density at radius 3 is 2.83 bits per heavy atom. The molecule has 1 aromatic carbocycles. The second kappa shape index (κ2) is 7.41. The normalized spacial score (nSPS) is 12.2. The molecule has 100 valence electrons. The van der Waals surface area contributed by atoms with Crippen molar-refractivity contribution in [2.75, 3.05) is 5.73 Å². The molecule has 1 aromatic rings. The summed E-state index contributed by atoms with van der Waals surface area (Å²) in [5, 5.41) is 2.98. The Labute approximate surface area is 117 Å². The first-order valence-corrected chi connectivity index (χ1v) is 7.19. The predicted molar refractivity (Wildman–Crippen MR) is 79.6 cm³/mol. The van der Waals surface area contributed by atoms with Gasteiger partial charge >= 0.3 is 0 Å². The zero-order valence-corrected chi connectivity index (χ0v) is 12.6. The molecule has 0 heterocycles. The number of unbranched alkanes of at least 4 members (excludes halogenated alkanes) is 2. The lowest BCUT2D eigenvalue weighted by molar-refractivity contribution is 0.0939. The Hall–Kier alpha value is -1.03. The Morgan fingerprint density at radius 2 is 2.17 bits per heavy atom. The molecular formula is C14H21BrN2O. The molecule has 0 saturated carbocycles. The van der Waals surface area contributed by atoms with Gasteiger partial charge in [-0.3, -0.25) is 4.79 Å². The zero-order valence-electron chi connectivity index (χ0n) is 11.0. The fourth-order valence-electron chi connectivity index (χ4n) is 1.80. The molecule has 1 unspecified atom stereocenters. The van der Waals surface area contributed by atoms with Gasteiger partial charge in [0.1, 0.15) is 0 Å². The molecule has 0 aromatic heterocycles. The Kier molecular flexibility index (Phi) is 6.19. The van der Waals surface area contributed by atoms with E-state index in [4.69, 9.17) is 5.73 Å². The predicted octanol–water partition coefficient (Wildman–Crippen LogP) is 3.73. The molecular weight excluding hydrogens is 292 g/mol. The molecule has 1 atom stereocenters. The zero-order chi connectivity index (χ0) is 13.5. The van der Waals surface area contributed by atoms with Gasteiger partial charge in [0.05, 0.1) is 5.56 Å². The molecule has 0 bridgehead atoms. The van der Waals surface area contributed by atoms with Crippen LogP contribution in [0.4, 0.5) is 5.69 Å². The lowest BCUT2D eigenvalue weighted by Crippen LogP contribution is -2.32. The number of carbonyl (C=O) groups excluding carboxylic acids is 1. The second-order valence-corrected chi connectivity index (χ2v) is 5.52. The Balaban J connectivity index is 2.56. The fourth-order valence-corrected chi connectivity index (χ4v) is 2.16. The number of benzene rings is 1. The van der Waals surface area contributed by atoms with Crippen LogP contribution in [0, 0.1) is 0 Å². The summed E-state index contributed by atoms with van der Waals surface area (Å²) in [5.74, 6) is -0.0993. The summed E-state index contributed by atoms with van der Waals surface area (Å²) in [6.45, 7) is 4.20. The first-order chi connectivity index (χ1) is 8.54. The van der Waals surface area contributed by atoms with Gasteiger partial charge in [-0.15, -0.1) is 0 Å². The van der Waals surface area contributed by atoms with Crippen LogP contribution in [0.25, 0.3) is 0 Å². The highest BCUT2D eigenvalue weighted by molar-refractivity contribution is 9.10. The van der Waals surface area contributed by atoms with E-state index >= 15 is 0 Å². The summed E-state index contributed by atoms with van der Waals surface area (Å²) >= 11 is 3.35. The van der Waals surface area contributed by atoms with E-state index < -0.39 is 0 Å². The number of anilines is 1. The third kappa shape index (κ3) is 4.69. The minimum Gasteiger partial charge on any atom is -0.398 e. The van der Waals surface area contributed by atoms with Crippen LogP contribution in [0.2, 0.25) is 0 Å². The number of hydrogen-bond acceptors (Lipinski definition) is 2. The monoisotopic (exact) mass is 312 g/mol. The molecule has 4 heteroatoms. The summed E-state index contributed by atoms with van der Waals surface area (Å²) < 4.78 is 0.862. The van der Waals surface area contributed by atoms with Gasteiger partial charge in [-0.25, -0.2) is 0 Å². The van der Waals surface area contributed by atoms with Crippen LogP contribution < -0.4 is 11.1 Å². The quantitative estimate of drug-likeness (QED) is 0.621. The van der Waals surface area contributed by atoms with Crippen LogP contribution in [-0.2, 0) is 0 Å². The number of nitrogen functional groups attached to an aromatic ring is 1. The number of rotatable bonds is 6. The van der Waals surface area contributed by atoms with Crippen molar-refractivity contribution in [1.82, 2.24) is 5.32 Å². The molecule has 0 fully saturated rings. The largest absolute Gasteiger partial charge is 0.398 e. The maximum Gasteiger partial charge on any atom is 0.253 e. The van der Waals surface area contributed by atoms with E-state index in [-0.39, 0.29) is 11.9 Å². The van der Waals surface area contributed by atoms with Crippen molar-refractivity contribution in [3.63, 3.8) is 0 Å². The minimum atomic E-state index is -0.0993. The second-order valence-electron chi connectivity index (χ2n) is 4.60. The molecule has 0 radical (unpaired) electrons. The molecule has 0 aliphatic rings. The van der Waals surface area contributed by atoms with E-state index in [9.17, 15) is 4.79 Å². The van der Waals surface area contributed by atoms with Crippen molar-refractivity contribution in [1.29, 1.82) is 0 Å². The third-order valence-electron chi connectivity index (χ3n) is 2.88. The highest BCUT2D eigenvalue weighted by atomic mass is 79.9. The van der Waals surface area contributed by atoms with E-state index in [1.54, 1.807) is 12.1 Å². The molecule has 0 aliphatic heterocycles. The third-order valence-corrected chi connectivity index (χ3v) is 3.37. The number of carbonyl (C=O) groups is 1. The highest BCUT2D eigenvalue weighted by Gasteiger charge is 2.12. The van der Waals surface area contributed by atoms with Gasteiger partial charge in [0, 0.05) is 16.2 Å². The minimum absolute atomic E-state index is 0.0993. The Bertz CT molecular complexity index is 407. The van der Waals surface area contributed by atoms with Gasteiger partial charge in [-0.2, -0.15) is 0 Å². The molecule has 1 rings (SSSR count). The maximum absolute atomic E-state index is 12.0. The van der Waals surface area contributed by atoms with Crippen molar-refractivity contribution in [3.05, 3.63) is 28.2 Å². The average molecular weight is 313 g/mol. The van der Waals surface area contributed by atoms with Crippen LogP contribution in [0.15, 0.2) is 22.7 Å². The van der Waals surface area contributed by atoms with Crippen LogP contribution >= 0.6 is 15.9 Å². The van der Waals surface area contributed by atoms with Gasteiger partial charge in [0.2, 0.25) is 0 Å². The van der Waals surface area contributed by atoms with Gasteiger partial charge in [0.15, 0.2) is 0 Å². The topological polar surface area (TPSA) is 55.1 Å². The first-order valence-electron chi connectivity index (χ1n) is 6.40. The van der Waals surface area contributed by atoms with E-state index in [0.29, 0.717) is 11.3 Å².